The van der Waals surface area contributed by atoms with Gasteiger partial charge in [-0.05, 0) is 31.7 Å². The van der Waals surface area contributed by atoms with E-state index in [2.05, 4.69) is 10.6 Å². The Morgan fingerprint density at radius 2 is 1.96 bits per heavy atom. The number of aryl methyl sites for hydroxylation is 1. The molecule has 1 aliphatic rings. The Kier molecular flexibility index (Phi) is 7.43. The van der Waals surface area contributed by atoms with Crippen molar-refractivity contribution in [3.05, 3.63) is 23.8 Å². The summed E-state index contributed by atoms with van der Waals surface area (Å²) in [6.07, 6.45) is 0. The summed E-state index contributed by atoms with van der Waals surface area (Å²) in [6.45, 7) is 3.40. The quantitative estimate of drug-likeness (QED) is 0.799. The molecule has 1 aromatic rings. The molecule has 0 spiro atoms. The first-order valence-corrected chi connectivity index (χ1v) is 8.52. The van der Waals surface area contributed by atoms with Crippen LogP contribution in [0.3, 0.4) is 0 Å². The summed E-state index contributed by atoms with van der Waals surface area (Å²) >= 11 is 0. The molecule has 1 saturated heterocycles. The standard InChI is InChI=1S/C14H21N3O4S.ClH/c1-11-3-4-12(16-14(18)10-15-2)9-13(11)22(19,20)17-5-7-21-8-6-17;/h3-4,9,15H,5-8,10H2,1-2H3,(H,16,18);1H. The number of likely N-dealkylation sites (N-methyl/N-ethyl adjacent to an activating group) is 1. The van der Waals surface area contributed by atoms with E-state index in [1.807, 2.05) is 0 Å². The van der Waals surface area contributed by atoms with Crippen LogP contribution < -0.4 is 10.6 Å². The third kappa shape index (κ3) is 4.89. The molecule has 0 aromatic heterocycles. The highest BCUT2D eigenvalue weighted by atomic mass is 35.5. The molecule has 0 radical (unpaired) electrons. The Bertz CT molecular complexity index is 645. The van der Waals surface area contributed by atoms with Crippen molar-refractivity contribution in [1.29, 1.82) is 0 Å². The van der Waals surface area contributed by atoms with Gasteiger partial charge in [-0.15, -0.1) is 12.4 Å². The first-order chi connectivity index (χ1) is 10.4. The molecule has 1 aliphatic heterocycles. The number of amides is 1. The monoisotopic (exact) mass is 363 g/mol. The van der Waals surface area contributed by atoms with Crippen molar-refractivity contribution in [3.63, 3.8) is 0 Å². The summed E-state index contributed by atoms with van der Waals surface area (Å²) in [5.74, 6) is -0.221. The number of morpholine rings is 1. The molecule has 2 N–H and O–H groups in total. The van der Waals surface area contributed by atoms with Crippen LogP contribution in [-0.2, 0) is 19.6 Å². The van der Waals surface area contributed by atoms with Gasteiger partial charge in [-0.1, -0.05) is 6.07 Å². The summed E-state index contributed by atoms with van der Waals surface area (Å²) in [7, 11) is -1.91. The van der Waals surface area contributed by atoms with Gasteiger partial charge in [0.15, 0.2) is 0 Å². The van der Waals surface area contributed by atoms with Gasteiger partial charge in [0.25, 0.3) is 0 Å². The number of nitrogens with zero attached hydrogens (tertiary/aromatic N) is 1. The predicted molar refractivity (Wildman–Crippen MR) is 90.6 cm³/mol. The lowest BCUT2D eigenvalue weighted by Crippen LogP contribution is -2.40. The maximum Gasteiger partial charge on any atom is 0.243 e. The predicted octanol–water partition coefficient (Wildman–Crippen LogP) is 0.596. The molecule has 0 bridgehead atoms. The van der Waals surface area contributed by atoms with Crippen LogP contribution in [0.1, 0.15) is 5.56 Å². The number of anilines is 1. The molecular weight excluding hydrogens is 342 g/mol. The fraction of sp³-hybridized carbons (Fsp3) is 0.500. The minimum Gasteiger partial charge on any atom is -0.379 e. The lowest BCUT2D eigenvalue weighted by molar-refractivity contribution is -0.115. The van der Waals surface area contributed by atoms with Crippen molar-refractivity contribution in [2.45, 2.75) is 11.8 Å². The van der Waals surface area contributed by atoms with E-state index in [9.17, 15) is 13.2 Å². The van der Waals surface area contributed by atoms with E-state index in [0.29, 0.717) is 37.6 Å². The number of hydrogen-bond acceptors (Lipinski definition) is 5. The van der Waals surface area contributed by atoms with Crippen LogP contribution in [0.5, 0.6) is 0 Å². The number of sulfonamides is 1. The van der Waals surface area contributed by atoms with E-state index >= 15 is 0 Å². The number of rotatable bonds is 5. The van der Waals surface area contributed by atoms with Crippen LogP contribution in [-0.4, -0.2) is 58.5 Å². The van der Waals surface area contributed by atoms with E-state index in [-0.39, 0.29) is 29.8 Å². The lowest BCUT2D eigenvalue weighted by Gasteiger charge is -2.26. The number of carbonyl (C=O) groups excluding carboxylic acids is 1. The first kappa shape index (κ1) is 19.9. The summed E-state index contributed by atoms with van der Waals surface area (Å²) in [6, 6.07) is 4.90. The number of ether oxygens (including phenoxy) is 1. The van der Waals surface area contributed by atoms with E-state index < -0.39 is 10.0 Å². The van der Waals surface area contributed by atoms with E-state index in [1.54, 1.807) is 26.1 Å². The van der Waals surface area contributed by atoms with Gasteiger partial charge in [0.05, 0.1) is 24.7 Å². The van der Waals surface area contributed by atoms with Crippen molar-refractivity contribution in [1.82, 2.24) is 9.62 Å². The highest BCUT2D eigenvalue weighted by Crippen LogP contribution is 2.24. The van der Waals surface area contributed by atoms with Gasteiger partial charge >= 0.3 is 0 Å². The van der Waals surface area contributed by atoms with Crippen molar-refractivity contribution >= 4 is 34.0 Å². The van der Waals surface area contributed by atoms with Crippen molar-refractivity contribution in [3.8, 4) is 0 Å². The highest BCUT2D eigenvalue weighted by Gasteiger charge is 2.28. The second-order valence-electron chi connectivity index (χ2n) is 5.08. The highest BCUT2D eigenvalue weighted by molar-refractivity contribution is 7.89. The van der Waals surface area contributed by atoms with E-state index in [4.69, 9.17) is 4.74 Å². The smallest absolute Gasteiger partial charge is 0.243 e. The first-order valence-electron chi connectivity index (χ1n) is 7.08. The Labute approximate surface area is 142 Å². The molecule has 1 aromatic carbocycles. The van der Waals surface area contributed by atoms with Crippen LogP contribution in [0.2, 0.25) is 0 Å². The molecule has 23 heavy (non-hydrogen) atoms. The maximum atomic E-state index is 12.7. The van der Waals surface area contributed by atoms with Crippen molar-refractivity contribution < 1.29 is 17.9 Å². The molecule has 1 amide bonds. The third-order valence-corrected chi connectivity index (χ3v) is 5.44. The number of carbonyl (C=O) groups is 1. The Balaban J connectivity index is 0.00000264. The largest absolute Gasteiger partial charge is 0.379 e. The zero-order chi connectivity index (χ0) is 16.2. The van der Waals surface area contributed by atoms with Crippen LogP contribution in [0, 0.1) is 6.92 Å². The number of nitrogens with one attached hydrogen (secondary N) is 2. The topological polar surface area (TPSA) is 87.7 Å². The van der Waals surface area contributed by atoms with E-state index in [0.717, 1.165) is 0 Å². The molecule has 0 unspecified atom stereocenters. The number of halogens is 1. The normalized spacial score (nSPS) is 15.7. The van der Waals surface area contributed by atoms with Gasteiger partial charge in [0.2, 0.25) is 15.9 Å². The zero-order valence-electron chi connectivity index (χ0n) is 13.2. The van der Waals surface area contributed by atoms with Crippen molar-refractivity contribution in [2.75, 3.05) is 45.2 Å². The van der Waals surface area contributed by atoms with Gasteiger partial charge in [-0.3, -0.25) is 4.79 Å². The SMILES string of the molecule is CNCC(=O)Nc1ccc(C)c(S(=O)(=O)N2CCOCC2)c1.Cl. The average molecular weight is 364 g/mol. The minimum atomic E-state index is -3.58. The third-order valence-electron chi connectivity index (χ3n) is 3.40. The van der Waals surface area contributed by atoms with Gasteiger partial charge in [-0.2, -0.15) is 4.31 Å². The second-order valence-corrected chi connectivity index (χ2v) is 6.98. The molecule has 7 nitrogen and oxygen atoms in total. The summed E-state index contributed by atoms with van der Waals surface area (Å²) in [4.78, 5) is 11.8. The lowest BCUT2D eigenvalue weighted by atomic mass is 10.2. The molecule has 1 heterocycles. The number of hydrogen-bond donors (Lipinski definition) is 2. The minimum absolute atomic E-state index is 0. The maximum absolute atomic E-state index is 12.7. The fourth-order valence-electron chi connectivity index (χ4n) is 2.25. The van der Waals surface area contributed by atoms with Crippen molar-refractivity contribution in [2.24, 2.45) is 0 Å². The Morgan fingerprint density at radius 1 is 1.30 bits per heavy atom. The fourth-order valence-corrected chi connectivity index (χ4v) is 3.91. The van der Waals surface area contributed by atoms with Crippen LogP contribution in [0.15, 0.2) is 23.1 Å². The molecule has 1 fully saturated rings. The van der Waals surface area contributed by atoms with E-state index in [1.165, 1.54) is 10.4 Å². The summed E-state index contributed by atoms with van der Waals surface area (Å²) in [5, 5.41) is 5.42. The molecule has 130 valence electrons. The Hall–Kier alpha value is -1.19. The van der Waals surface area contributed by atoms with Gasteiger partial charge < -0.3 is 15.4 Å². The molecule has 0 aliphatic carbocycles. The molecule has 2 rings (SSSR count). The summed E-state index contributed by atoms with van der Waals surface area (Å²) < 4.78 is 32.0. The molecule has 0 atom stereocenters. The van der Waals surface area contributed by atoms with Crippen LogP contribution in [0.25, 0.3) is 0 Å². The number of benzene rings is 1. The average Bonchev–Trinajstić information content (AvgIpc) is 2.50. The molecule has 0 saturated carbocycles. The van der Waals surface area contributed by atoms with Crippen LogP contribution in [0.4, 0.5) is 5.69 Å². The van der Waals surface area contributed by atoms with Gasteiger partial charge in [-0.25, -0.2) is 8.42 Å². The van der Waals surface area contributed by atoms with Crippen LogP contribution >= 0.6 is 12.4 Å². The Morgan fingerprint density at radius 3 is 2.57 bits per heavy atom. The zero-order valence-corrected chi connectivity index (χ0v) is 14.8. The molecular formula is C14H22ClN3O4S. The van der Waals surface area contributed by atoms with Gasteiger partial charge in [0.1, 0.15) is 0 Å². The summed E-state index contributed by atoms with van der Waals surface area (Å²) in [5.41, 5.74) is 1.12. The molecule has 9 heteroatoms. The second kappa shape index (κ2) is 8.60. The van der Waals surface area contributed by atoms with Gasteiger partial charge in [0, 0.05) is 18.8 Å².